The molecule has 0 aliphatic heterocycles. The van der Waals surface area contributed by atoms with Gasteiger partial charge in [0, 0.05) is 12.6 Å². The van der Waals surface area contributed by atoms with Gasteiger partial charge in [-0.3, -0.25) is 14.9 Å². The largest absolute Gasteiger partial charge is 0.474 e. The SMILES string of the molecule is CNCc1ccc([N+](=O)[O-])c(OC(C)C(N)=O)c1. The van der Waals surface area contributed by atoms with Crippen LogP contribution in [0.5, 0.6) is 5.75 Å². The van der Waals surface area contributed by atoms with E-state index in [1.807, 2.05) is 0 Å². The van der Waals surface area contributed by atoms with E-state index >= 15 is 0 Å². The Morgan fingerprint density at radius 3 is 2.78 bits per heavy atom. The van der Waals surface area contributed by atoms with Gasteiger partial charge in [0.25, 0.3) is 5.91 Å². The summed E-state index contributed by atoms with van der Waals surface area (Å²) in [7, 11) is 1.76. The molecule has 0 aliphatic rings. The molecule has 1 amide bonds. The highest BCUT2D eigenvalue weighted by atomic mass is 16.6. The van der Waals surface area contributed by atoms with Crippen LogP contribution in [0, 0.1) is 10.1 Å². The van der Waals surface area contributed by atoms with Crippen molar-refractivity contribution in [2.24, 2.45) is 5.73 Å². The zero-order chi connectivity index (χ0) is 13.7. The van der Waals surface area contributed by atoms with Gasteiger partial charge in [-0.05, 0) is 25.6 Å². The molecule has 0 heterocycles. The minimum Gasteiger partial charge on any atom is -0.474 e. The maximum Gasteiger partial charge on any atom is 0.310 e. The normalized spacial score (nSPS) is 11.9. The summed E-state index contributed by atoms with van der Waals surface area (Å²) < 4.78 is 5.21. The first-order chi connectivity index (χ1) is 8.45. The van der Waals surface area contributed by atoms with E-state index in [0.717, 1.165) is 5.56 Å². The molecule has 0 radical (unpaired) electrons. The highest BCUT2D eigenvalue weighted by Gasteiger charge is 2.19. The molecule has 3 N–H and O–H groups in total. The standard InChI is InChI=1S/C11H15N3O4/c1-7(11(12)15)18-10-5-8(6-13-2)3-4-9(10)14(16)17/h3-5,7,13H,6H2,1-2H3,(H2,12,15). The highest BCUT2D eigenvalue weighted by Crippen LogP contribution is 2.28. The lowest BCUT2D eigenvalue weighted by molar-refractivity contribution is -0.386. The van der Waals surface area contributed by atoms with Crippen molar-refractivity contribution in [2.75, 3.05) is 7.05 Å². The van der Waals surface area contributed by atoms with Crippen molar-refractivity contribution in [3.63, 3.8) is 0 Å². The first-order valence-electron chi connectivity index (χ1n) is 5.33. The second-order valence-corrected chi connectivity index (χ2v) is 3.75. The number of hydrogen-bond acceptors (Lipinski definition) is 5. The number of carbonyl (C=O) groups is 1. The van der Waals surface area contributed by atoms with E-state index in [-0.39, 0.29) is 11.4 Å². The maximum atomic E-state index is 10.9. The van der Waals surface area contributed by atoms with Crippen LogP contribution in [0.25, 0.3) is 0 Å². The molecular formula is C11H15N3O4. The van der Waals surface area contributed by atoms with Crippen LogP contribution >= 0.6 is 0 Å². The van der Waals surface area contributed by atoms with E-state index in [9.17, 15) is 14.9 Å². The van der Waals surface area contributed by atoms with E-state index in [2.05, 4.69) is 5.32 Å². The number of nitro benzene ring substituents is 1. The molecular weight excluding hydrogens is 238 g/mol. The third kappa shape index (κ3) is 3.42. The monoisotopic (exact) mass is 253 g/mol. The van der Waals surface area contributed by atoms with Gasteiger partial charge in [0.15, 0.2) is 11.9 Å². The van der Waals surface area contributed by atoms with Crippen molar-refractivity contribution in [3.05, 3.63) is 33.9 Å². The molecule has 18 heavy (non-hydrogen) atoms. The number of nitro groups is 1. The predicted octanol–water partition coefficient (Wildman–Crippen LogP) is 0.567. The van der Waals surface area contributed by atoms with E-state index < -0.39 is 16.9 Å². The van der Waals surface area contributed by atoms with Crippen LogP contribution in [0.15, 0.2) is 18.2 Å². The van der Waals surface area contributed by atoms with Crippen molar-refractivity contribution < 1.29 is 14.5 Å². The number of primary amides is 1. The summed E-state index contributed by atoms with van der Waals surface area (Å²) in [6.07, 6.45) is -0.923. The van der Waals surface area contributed by atoms with Crippen molar-refractivity contribution >= 4 is 11.6 Å². The van der Waals surface area contributed by atoms with E-state index in [1.54, 1.807) is 13.1 Å². The number of benzene rings is 1. The zero-order valence-electron chi connectivity index (χ0n) is 10.2. The number of carbonyl (C=O) groups excluding carboxylic acids is 1. The lowest BCUT2D eigenvalue weighted by atomic mass is 10.2. The van der Waals surface area contributed by atoms with Gasteiger partial charge in [-0.25, -0.2) is 0 Å². The van der Waals surface area contributed by atoms with Crippen LogP contribution in [0.2, 0.25) is 0 Å². The minimum absolute atomic E-state index is 0.0408. The fraction of sp³-hybridized carbons (Fsp3) is 0.364. The van der Waals surface area contributed by atoms with Crippen molar-refractivity contribution in [3.8, 4) is 5.75 Å². The summed E-state index contributed by atoms with van der Waals surface area (Å²) in [4.78, 5) is 21.2. The van der Waals surface area contributed by atoms with Crippen LogP contribution in [0.3, 0.4) is 0 Å². The summed E-state index contributed by atoms with van der Waals surface area (Å²) in [6, 6.07) is 4.49. The van der Waals surface area contributed by atoms with Gasteiger partial charge in [0.2, 0.25) is 0 Å². The van der Waals surface area contributed by atoms with E-state index in [0.29, 0.717) is 6.54 Å². The lowest BCUT2D eigenvalue weighted by Gasteiger charge is -2.12. The summed E-state index contributed by atoms with van der Waals surface area (Å²) >= 11 is 0. The average Bonchev–Trinajstić information content (AvgIpc) is 2.29. The number of ether oxygens (including phenoxy) is 1. The smallest absolute Gasteiger partial charge is 0.310 e. The van der Waals surface area contributed by atoms with Crippen molar-refractivity contribution in [1.29, 1.82) is 0 Å². The molecule has 1 atom stereocenters. The Morgan fingerprint density at radius 1 is 1.61 bits per heavy atom. The molecule has 0 spiro atoms. The van der Waals surface area contributed by atoms with Gasteiger partial charge in [-0.2, -0.15) is 0 Å². The fourth-order valence-electron chi connectivity index (χ4n) is 1.37. The van der Waals surface area contributed by atoms with Crippen LogP contribution < -0.4 is 15.8 Å². The van der Waals surface area contributed by atoms with Gasteiger partial charge in [0.05, 0.1) is 4.92 Å². The van der Waals surface area contributed by atoms with Gasteiger partial charge in [-0.1, -0.05) is 6.07 Å². The molecule has 1 rings (SSSR count). The molecule has 0 aliphatic carbocycles. The molecule has 1 aromatic rings. The number of nitrogens with one attached hydrogen (secondary N) is 1. The van der Waals surface area contributed by atoms with Crippen LogP contribution in [-0.4, -0.2) is 24.0 Å². The van der Waals surface area contributed by atoms with Crippen LogP contribution in [0.1, 0.15) is 12.5 Å². The first kappa shape index (κ1) is 13.9. The molecule has 1 aromatic carbocycles. The minimum atomic E-state index is -0.923. The van der Waals surface area contributed by atoms with E-state index in [4.69, 9.17) is 10.5 Å². The quantitative estimate of drug-likeness (QED) is 0.569. The molecule has 0 saturated heterocycles. The Kier molecular flexibility index (Phi) is 4.61. The average molecular weight is 253 g/mol. The van der Waals surface area contributed by atoms with Crippen molar-refractivity contribution in [1.82, 2.24) is 5.32 Å². The molecule has 7 nitrogen and oxygen atoms in total. The topological polar surface area (TPSA) is 107 Å². The Labute approximate surface area is 104 Å². The molecule has 0 fully saturated rings. The number of nitrogens with two attached hydrogens (primary N) is 1. The Balaban J connectivity index is 3.07. The Hall–Kier alpha value is -2.15. The Bertz CT molecular complexity index is 462. The molecule has 0 aromatic heterocycles. The second kappa shape index (κ2) is 5.97. The van der Waals surface area contributed by atoms with Gasteiger partial charge >= 0.3 is 5.69 Å². The third-order valence-corrected chi connectivity index (χ3v) is 2.31. The number of hydrogen-bond donors (Lipinski definition) is 2. The molecule has 7 heteroatoms. The lowest BCUT2D eigenvalue weighted by Crippen LogP contribution is -2.30. The van der Waals surface area contributed by atoms with Gasteiger partial charge in [-0.15, -0.1) is 0 Å². The number of rotatable bonds is 6. The molecule has 1 unspecified atom stereocenters. The third-order valence-electron chi connectivity index (χ3n) is 2.31. The number of nitrogens with zero attached hydrogens (tertiary/aromatic N) is 1. The maximum absolute atomic E-state index is 10.9. The zero-order valence-corrected chi connectivity index (χ0v) is 10.2. The summed E-state index contributed by atoms with van der Waals surface area (Å²) in [5.74, 6) is -0.637. The fourth-order valence-corrected chi connectivity index (χ4v) is 1.37. The number of amides is 1. The summed E-state index contributed by atoms with van der Waals surface area (Å²) in [5.41, 5.74) is 5.68. The second-order valence-electron chi connectivity index (χ2n) is 3.75. The molecule has 0 bridgehead atoms. The van der Waals surface area contributed by atoms with E-state index in [1.165, 1.54) is 19.1 Å². The first-order valence-corrected chi connectivity index (χ1v) is 5.33. The van der Waals surface area contributed by atoms with Gasteiger partial charge in [0.1, 0.15) is 0 Å². The van der Waals surface area contributed by atoms with Crippen molar-refractivity contribution in [2.45, 2.75) is 19.6 Å². The summed E-state index contributed by atoms with van der Waals surface area (Å²) in [5, 5.41) is 13.8. The van der Waals surface area contributed by atoms with Gasteiger partial charge < -0.3 is 15.8 Å². The van der Waals surface area contributed by atoms with Crippen LogP contribution in [0.4, 0.5) is 5.69 Å². The predicted molar refractivity (Wildman–Crippen MR) is 65.1 cm³/mol. The highest BCUT2D eigenvalue weighted by molar-refractivity contribution is 5.78. The molecule has 0 saturated carbocycles. The molecule has 98 valence electrons. The Morgan fingerprint density at radius 2 is 2.28 bits per heavy atom. The summed E-state index contributed by atoms with van der Waals surface area (Å²) in [6.45, 7) is 1.98. The van der Waals surface area contributed by atoms with Crippen LogP contribution in [-0.2, 0) is 11.3 Å².